The van der Waals surface area contributed by atoms with E-state index < -0.39 is 5.54 Å². The van der Waals surface area contributed by atoms with Crippen LogP contribution in [0.1, 0.15) is 42.4 Å². The SMILES string of the molecule is O=C(NCc1ccccc1)NC1(C(=O)NCCc2cc(F)cc3c2OCOC3)CCCC1. The number of nitrogens with one attached hydrogen (secondary N) is 3. The molecule has 7 nitrogen and oxygen atoms in total. The van der Waals surface area contributed by atoms with Crippen LogP contribution >= 0.6 is 0 Å². The smallest absolute Gasteiger partial charge is 0.315 e. The summed E-state index contributed by atoms with van der Waals surface area (Å²) in [4.78, 5) is 25.5. The van der Waals surface area contributed by atoms with E-state index >= 15 is 0 Å². The lowest BCUT2D eigenvalue weighted by Gasteiger charge is -2.29. The standard InChI is InChI=1S/C24H28FN3O4/c25-20-12-18(21-19(13-20)15-31-16-32-21)8-11-26-22(29)24(9-4-5-10-24)28-23(30)27-14-17-6-2-1-3-7-17/h1-3,6-7,12-13H,4-5,8-11,14-16H2,(H,26,29)(H2,27,28,30). The summed E-state index contributed by atoms with van der Waals surface area (Å²) in [6.07, 6.45) is 3.35. The summed E-state index contributed by atoms with van der Waals surface area (Å²) in [5.74, 6) is 0.0588. The van der Waals surface area contributed by atoms with Gasteiger partial charge in [-0.05, 0) is 42.5 Å². The molecule has 1 aliphatic heterocycles. The van der Waals surface area contributed by atoms with Gasteiger partial charge in [-0.2, -0.15) is 0 Å². The lowest BCUT2D eigenvalue weighted by Crippen LogP contribution is -2.59. The fourth-order valence-corrected chi connectivity index (χ4v) is 4.35. The van der Waals surface area contributed by atoms with Crippen molar-refractivity contribution < 1.29 is 23.5 Å². The molecule has 1 saturated carbocycles. The van der Waals surface area contributed by atoms with Crippen LogP contribution in [0.5, 0.6) is 5.75 Å². The number of fused-ring (bicyclic) bond motifs is 1. The molecular formula is C24H28FN3O4. The monoisotopic (exact) mass is 441 g/mol. The Balaban J connectivity index is 1.33. The minimum Gasteiger partial charge on any atom is -0.467 e. The highest BCUT2D eigenvalue weighted by Gasteiger charge is 2.42. The quantitative estimate of drug-likeness (QED) is 0.616. The molecule has 170 valence electrons. The van der Waals surface area contributed by atoms with Crippen LogP contribution in [-0.2, 0) is 29.1 Å². The van der Waals surface area contributed by atoms with Crippen LogP contribution in [0.3, 0.4) is 0 Å². The van der Waals surface area contributed by atoms with Crippen molar-refractivity contribution in [1.82, 2.24) is 16.0 Å². The van der Waals surface area contributed by atoms with Gasteiger partial charge in [-0.3, -0.25) is 4.79 Å². The number of carbonyl (C=O) groups excluding carboxylic acids is 2. The summed E-state index contributed by atoms with van der Waals surface area (Å²) in [5.41, 5.74) is 1.42. The summed E-state index contributed by atoms with van der Waals surface area (Å²) >= 11 is 0. The number of ether oxygens (including phenoxy) is 2. The van der Waals surface area contributed by atoms with Gasteiger partial charge in [0.1, 0.15) is 17.1 Å². The van der Waals surface area contributed by atoms with Gasteiger partial charge in [0.05, 0.1) is 6.61 Å². The Morgan fingerprint density at radius 1 is 1.06 bits per heavy atom. The summed E-state index contributed by atoms with van der Waals surface area (Å²) in [5, 5.41) is 8.66. The third-order valence-corrected chi connectivity index (χ3v) is 5.97. The van der Waals surface area contributed by atoms with Gasteiger partial charge in [0.25, 0.3) is 0 Å². The minimum atomic E-state index is -0.924. The van der Waals surface area contributed by atoms with Crippen LogP contribution in [-0.4, -0.2) is 30.8 Å². The first kappa shape index (κ1) is 22.1. The number of carbonyl (C=O) groups is 2. The molecule has 2 aliphatic rings. The second-order valence-electron chi connectivity index (χ2n) is 8.25. The Bertz CT molecular complexity index is 961. The Hall–Kier alpha value is -3.13. The Labute approximate surface area is 186 Å². The van der Waals surface area contributed by atoms with E-state index in [9.17, 15) is 14.0 Å². The van der Waals surface area contributed by atoms with Gasteiger partial charge in [0.15, 0.2) is 6.79 Å². The summed E-state index contributed by atoms with van der Waals surface area (Å²) in [6, 6.07) is 12.1. The van der Waals surface area contributed by atoms with Crippen molar-refractivity contribution >= 4 is 11.9 Å². The lowest BCUT2D eigenvalue weighted by atomic mass is 9.96. The zero-order valence-corrected chi connectivity index (χ0v) is 17.9. The Kier molecular flexibility index (Phi) is 6.90. The molecule has 0 radical (unpaired) electrons. The van der Waals surface area contributed by atoms with Crippen molar-refractivity contribution in [3.05, 3.63) is 65.0 Å². The molecule has 3 N–H and O–H groups in total. The first-order valence-corrected chi connectivity index (χ1v) is 11.0. The van der Waals surface area contributed by atoms with Gasteiger partial charge in [0.2, 0.25) is 5.91 Å². The molecule has 0 saturated heterocycles. The predicted molar refractivity (Wildman–Crippen MR) is 116 cm³/mol. The molecule has 2 aromatic carbocycles. The maximum atomic E-state index is 13.9. The van der Waals surface area contributed by atoms with Gasteiger partial charge >= 0.3 is 6.03 Å². The van der Waals surface area contributed by atoms with Crippen molar-refractivity contribution in [2.24, 2.45) is 0 Å². The first-order valence-electron chi connectivity index (χ1n) is 11.0. The van der Waals surface area contributed by atoms with Crippen LogP contribution in [0.25, 0.3) is 0 Å². The van der Waals surface area contributed by atoms with E-state index in [1.165, 1.54) is 12.1 Å². The largest absolute Gasteiger partial charge is 0.467 e. The third-order valence-electron chi connectivity index (χ3n) is 5.97. The zero-order valence-electron chi connectivity index (χ0n) is 17.9. The molecular weight excluding hydrogens is 413 g/mol. The lowest BCUT2D eigenvalue weighted by molar-refractivity contribution is -0.127. The van der Waals surface area contributed by atoms with Crippen LogP contribution < -0.4 is 20.7 Å². The van der Waals surface area contributed by atoms with E-state index in [4.69, 9.17) is 9.47 Å². The average Bonchev–Trinajstić information content (AvgIpc) is 3.28. The van der Waals surface area contributed by atoms with Gasteiger partial charge in [-0.1, -0.05) is 43.2 Å². The highest BCUT2D eigenvalue weighted by molar-refractivity contribution is 5.91. The van der Waals surface area contributed by atoms with Crippen molar-refractivity contribution in [3.63, 3.8) is 0 Å². The predicted octanol–water partition coefficient (Wildman–Crippen LogP) is 3.16. The van der Waals surface area contributed by atoms with Gasteiger partial charge < -0.3 is 25.4 Å². The van der Waals surface area contributed by atoms with E-state index in [-0.39, 0.29) is 24.5 Å². The van der Waals surface area contributed by atoms with Crippen LogP contribution in [0.15, 0.2) is 42.5 Å². The molecule has 2 aromatic rings. The summed E-state index contributed by atoms with van der Waals surface area (Å²) in [6.45, 7) is 1.13. The molecule has 1 aliphatic carbocycles. The van der Waals surface area contributed by atoms with Crippen molar-refractivity contribution in [3.8, 4) is 5.75 Å². The van der Waals surface area contributed by atoms with E-state index in [0.29, 0.717) is 55.8 Å². The summed E-state index contributed by atoms with van der Waals surface area (Å²) in [7, 11) is 0. The van der Waals surface area contributed by atoms with Gasteiger partial charge in [-0.25, -0.2) is 9.18 Å². The molecule has 3 amide bonds. The molecule has 1 heterocycles. The second-order valence-corrected chi connectivity index (χ2v) is 8.25. The number of benzene rings is 2. The number of amides is 3. The van der Waals surface area contributed by atoms with E-state index in [1.807, 2.05) is 30.3 Å². The van der Waals surface area contributed by atoms with Crippen molar-refractivity contribution in [1.29, 1.82) is 0 Å². The second kappa shape index (κ2) is 9.99. The average molecular weight is 442 g/mol. The molecule has 8 heteroatoms. The minimum absolute atomic E-state index is 0.128. The highest BCUT2D eigenvalue weighted by Crippen LogP contribution is 2.31. The normalized spacial score (nSPS) is 16.5. The number of halogens is 1. The Morgan fingerprint density at radius 2 is 1.84 bits per heavy atom. The molecule has 0 spiro atoms. The molecule has 4 rings (SSSR count). The molecule has 0 atom stereocenters. The maximum Gasteiger partial charge on any atom is 0.315 e. The van der Waals surface area contributed by atoms with Crippen molar-refractivity contribution in [2.45, 2.75) is 50.8 Å². The van der Waals surface area contributed by atoms with Crippen LogP contribution in [0.2, 0.25) is 0 Å². The van der Waals surface area contributed by atoms with E-state index in [2.05, 4.69) is 16.0 Å². The number of hydrogen-bond acceptors (Lipinski definition) is 4. The number of rotatable bonds is 7. The number of urea groups is 1. The zero-order chi connectivity index (χ0) is 22.4. The number of hydrogen-bond donors (Lipinski definition) is 3. The maximum absolute atomic E-state index is 13.9. The third kappa shape index (κ3) is 5.19. The highest BCUT2D eigenvalue weighted by atomic mass is 19.1. The topological polar surface area (TPSA) is 88.7 Å². The van der Waals surface area contributed by atoms with Gasteiger partial charge in [0, 0.05) is 18.7 Å². The van der Waals surface area contributed by atoms with E-state index in [1.54, 1.807) is 0 Å². The molecule has 0 aromatic heterocycles. The van der Waals surface area contributed by atoms with Crippen molar-refractivity contribution in [2.75, 3.05) is 13.3 Å². The molecule has 1 fully saturated rings. The molecule has 32 heavy (non-hydrogen) atoms. The van der Waals surface area contributed by atoms with Crippen LogP contribution in [0.4, 0.5) is 9.18 Å². The molecule has 0 bridgehead atoms. The summed E-state index contributed by atoms with van der Waals surface area (Å²) < 4.78 is 24.7. The van der Waals surface area contributed by atoms with E-state index in [0.717, 1.165) is 18.4 Å². The fraction of sp³-hybridized carbons (Fsp3) is 0.417. The van der Waals surface area contributed by atoms with Crippen LogP contribution in [0, 0.1) is 5.82 Å². The Morgan fingerprint density at radius 3 is 2.62 bits per heavy atom. The molecule has 0 unspecified atom stereocenters. The fourth-order valence-electron chi connectivity index (χ4n) is 4.35. The first-order chi connectivity index (χ1) is 15.6. The van der Waals surface area contributed by atoms with Gasteiger partial charge in [-0.15, -0.1) is 0 Å².